The summed E-state index contributed by atoms with van der Waals surface area (Å²) >= 11 is 0. The number of carbonyl (C=O) groups is 2. The fraction of sp³-hybridized carbons (Fsp3) is 0.364. The molecule has 5 nitrogen and oxygen atoms in total. The zero-order chi connectivity index (χ0) is 20.7. The van der Waals surface area contributed by atoms with E-state index in [1.807, 2.05) is 45.0 Å². The third kappa shape index (κ3) is 6.08. The molecule has 0 aliphatic carbocycles. The summed E-state index contributed by atoms with van der Waals surface area (Å²) < 4.78 is 19.1. The summed E-state index contributed by atoms with van der Waals surface area (Å²) in [5.41, 5.74) is 1.97. The van der Waals surface area contributed by atoms with Crippen molar-refractivity contribution in [3.05, 3.63) is 65.5 Å². The van der Waals surface area contributed by atoms with Crippen LogP contribution in [-0.2, 0) is 16.1 Å². The van der Waals surface area contributed by atoms with E-state index in [0.29, 0.717) is 0 Å². The van der Waals surface area contributed by atoms with Crippen molar-refractivity contribution in [3.63, 3.8) is 0 Å². The Kier molecular flexibility index (Phi) is 7.55. The van der Waals surface area contributed by atoms with Crippen molar-refractivity contribution >= 4 is 11.8 Å². The van der Waals surface area contributed by atoms with Crippen molar-refractivity contribution in [2.75, 3.05) is 6.61 Å². The van der Waals surface area contributed by atoms with Crippen LogP contribution >= 0.6 is 0 Å². The van der Waals surface area contributed by atoms with Crippen LogP contribution in [0.3, 0.4) is 0 Å². The summed E-state index contributed by atoms with van der Waals surface area (Å²) in [6.45, 7) is 7.26. The Morgan fingerprint density at radius 2 is 1.82 bits per heavy atom. The highest BCUT2D eigenvalue weighted by Gasteiger charge is 2.27. The van der Waals surface area contributed by atoms with Crippen molar-refractivity contribution in [1.82, 2.24) is 10.2 Å². The molecule has 2 rings (SSSR count). The molecule has 150 valence electrons. The van der Waals surface area contributed by atoms with Crippen LogP contribution in [0.4, 0.5) is 4.39 Å². The fourth-order valence-corrected chi connectivity index (χ4v) is 2.78. The van der Waals surface area contributed by atoms with Gasteiger partial charge in [-0.1, -0.05) is 42.0 Å². The van der Waals surface area contributed by atoms with Crippen molar-refractivity contribution in [1.29, 1.82) is 0 Å². The van der Waals surface area contributed by atoms with E-state index in [0.717, 1.165) is 11.1 Å². The third-order valence-electron chi connectivity index (χ3n) is 4.22. The number of nitrogens with zero attached hydrogens (tertiary/aromatic N) is 1. The van der Waals surface area contributed by atoms with Crippen LogP contribution in [0, 0.1) is 12.7 Å². The molecule has 0 saturated carbocycles. The van der Waals surface area contributed by atoms with E-state index in [4.69, 9.17) is 4.74 Å². The fourth-order valence-electron chi connectivity index (χ4n) is 2.78. The van der Waals surface area contributed by atoms with E-state index in [1.54, 1.807) is 19.1 Å². The molecule has 2 aromatic carbocycles. The molecule has 0 heterocycles. The Morgan fingerprint density at radius 3 is 2.46 bits per heavy atom. The molecular formula is C22H27FN2O3. The average molecular weight is 386 g/mol. The maximum atomic E-state index is 13.7. The average Bonchev–Trinajstić information content (AvgIpc) is 2.64. The van der Waals surface area contributed by atoms with Gasteiger partial charge in [-0.3, -0.25) is 9.59 Å². The molecular weight excluding hydrogens is 359 g/mol. The van der Waals surface area contributed by atoms with Crippen LogP contribution in [-0.4, -0.2) is 35.4 Å². The second-order valence-corrected chi connectivity index (χ2v) is 7.07. The number of amides is 2. The molecule has 0 saturated heterocycles. The molecule has 6 heteroatoms. The predicted molar refractivity (Wildman–Crippen MR) is 106 cm³/mol. The van der Waals surface area contributed by atoms with Crippen LogP contribution in [0.15, 0.2) is 48.5 Å². The smallest absolute Gasteiger partial charge is 0.261 e. The number of hydrogen-bond acceptors (Lipinski definition) is 3. The first-order valence-electron chi connectivity index (χ1n) is 9.30. The van der Waals surface area contributed by atoms with Gasteiger partial charge in [-0.15, -0.1) is 0 Å². The number of para-hydroxylation sites is 1. The highest BCUT2D eigenvalue weighted by molar-refractivity contribution is 5.88. The lowest BCUT2D eigenvalue weighted by atomic mass is 10.1. The molecule has 0 aromatic heterocycles. The maximum Gasteiger partial charge on any atom is 0.261 e. The van der Waals surface area contributed by atoms with Gasteiger partial charge in [0.15, 0.2) is 18.2 Å². The molecule has 1 N–H and O–H groups in total. The summed E-state index contributed by atoms with van der Waals surface area (Å²) in [7, 11) is 0. The minimum atomic E-state index is -0.695. The van der Waals surface area contributed by atoms with Crippen LogP contribution in [0.5, 0.6) is 5.75 Å². The molecule has 0 bridgehead atoms. The second-order valence-electron chi connectivity index (χ2n) is 7.07. The van der Waals surface area contributed by atoms with Crippen molar-refractivity contribution in [2.45, 2.75) is 46.3 Å². The van der Waals surface area contributed by atoms with Crippen molar-refractivity contribution < 1.29 is 18.7 Å². The number of hydrogen-bond donors (Lipinski definition) is 1. The predicted octanol–water partition coefficient (Wildman–Crippen LogP) is 3.45. The molecule has 1 atom stereocenters. The summed E-state index contributed by atoms with van der Waals surface area (Å²) in [5, 5.41) is 2.82. The zero-order valence-electron chi connectivity index (χ0n) is 16.7. The van der Waals surface area contributed by atoms with Gasteiger partial charge >= 0.3 is 0 Å². The molecule has 28 heavy (non-hydrogen) atoms. The number of ether oxygens (including phenoxy) is 1. The molecule has 0 radical (unpaired) electrons. The number of halogens is 1. The lowest BCUT2D eigenvalue weighted by Crippen LogP contribution is -2.50. The van der Waals surface area contributed by atoms with Gasteiger partial charge in [0.1, 0.15) is 6.04 Å². The summed E-state index contributed by atoms with van der Waals surface area (Å²) in [6, 6.07) is 12.9. The molecule has 0 spiro atoms. The molecule has 0 fully saturated rings. The standard InChI is InChI=1S/C22H27FN2O3/c1-15(2)24-22(27)17(4)25(13-18-9-7-8-16(3)12-18)21(26)14-28-20-11-6-5-10-19(20)23/h5-12,15,17H,13-14H2,1-4H3,(H,24,27)/t17-/m0/s1. The highest BCUT2D eigenvalue weighted by atomic mass is 19.1. The Morgan fingerprint density at radius 1 is 1.11 bits per heavy atom. The SMILES string of the molecule is Cc1cccc(CN(C(=O)COc2ccccc2F)[C@@H](C)C(=O)NC(C)C)c1. The van der Waals surface area contributed by atoms with Gasteiger partial charge in [-0.2, -0.15) is 0 Å². The van der Waals surface area contributed by atoms with E-state index >= 15 is 0 Å². The largest absolute Gasteiger partial charge is 0.481 e. The maximum absolute atomic E-state index is 13.7. The van der Waals surface area contributed by atoms with E-state index < -0.39 is 17.8 Å². The molecule has 0 aliphatic rings. The van der Waals surface area contributed by atoms with Crippen LogP contribution in [0.2, 0.25) is 0 Å². The Hall–Kier alpha value is -2.89. The molecule has 0 unspecified atom stereocenters. The number of rotatable bonds is 8. The van der Waals surface area contributed by atoms with E-state index in [1.165, 1.54) is 17.0 Å². The number of nitrogens with one attached hydrogen (secondary N) is 1. The summed E-state index contributed by atoms with van der Waals surface area (Å²) in [5.74, 6) is -1.17. The van der Waals surface area contributed by atoms with Crippen LogP contribution in [0.25, 0.3) is 0 Å². The molecule has 2 amide bonds. The first kappa shape index (κ1) is 21.4. The number of carbonyl (C=O) groups excluding carboxylic acids is 2. The van der Waals surface area contributed by atoms with Crippen molar-refractivity contribution in [3.8, 4) is 5.75 Å². The van der Waals surface area contributed by atoms with E-state index in [9.17, 15) is 14.0 Å². The number of benzene rings is 2. The minimum Gasteiger partial charge on any atom is -0.481 e. The van der Waals surface area contributed by atoms with Crippen molar-refractivity contribution in [2.24, 2.45) is 0 Å². The van der Waals surface area contributed by atoms with Crippen LogP contribution < -0.4 is 10.1 Å². The van der Waals surface area contributed by atoms with E-state index in [2.05, 4.69) is 5.32 Å². The quantitative estimate of drug-likeness (QED) is 0.756. The Labute approximate surface area is 165 Å². The molecule has 0 aliphatic heterocycles. The second kappa shape index (κ2) is 9.88. The van der Waals surface area contributed by atoms with Gasteiger partial charge in [0.25, 0.3) is 5.91 Å². The lowest BCUT2D eigenvalue weighted by molar-refractivity contribution is -0.142. The van der Waals surface area contributed by atoms with Gasteiger partial charge in [-0.05, 0) is 45.4 Å². The summed E-state index contributed by atoms with van der Waals surface area (Å²) in [4.78, 5) is 26.8. The third-order valence-corrected chi connectivity index (χ3v) is 4.22. The van der Waals surface area contributed by atoms with Gasteiger partial charge in [0.2, 0.25) is 5.91 Å². The lowest BCUT2D eigenvalue weighted by Gasteiger charge is -2.29. The topological polar surface area (TPSA) is 58.6 Å². The van der Waals surface area contributed by atoms with Gasteiger partial charge < -0.3 is 15.0 Å². The number of aryl methyl sites for hydroxylation is 1. The Balaban J connectivity index is 2.17. The van der Waals surface area contributed by atoms with Crippen LogP contribution in [0.1, 0.15) is 31.9 Å². The minimum absolute atomic E-state index is 0.00522. The van der Waals surface area contributed by atoms with Gasteiger partial charge in [0.05, 0.1) is 0 Å². The first-order chi connectivity index (χ1) is 13.3. The zero-order valence-corrected chi connectivity index (χ0v) is 16.7. The summed E-state index contributed by atoms with van der Waals surface area (Å²) in [6.07, 6.45) is 0. The molecule has 2 aromatic rings. The monoisotopic (exact) mass is 386 g/mol. The van der Waals surface area contributed by atoms with E-state index in [-0.39, 0.29) is 30.9 Å². The van der Waals surface area contributed by atoms with Gasteiger partial charge in [-0.25, -0.2) is 4.39 Å². The highest BCUT2D eigenvalue weighted by Crippen LogP contribution is 2.16. The Bertz CT molecular complexity index is 823. The van der Waals surface area contributed by atoms with Gasteiger partial charge in [0, 0.05) is 12.6 Å². The normalized spacial score (nSPS) is 11.8. The first-order valence-corrected chi connectivity index (χ1v) is 9.30.